The number of fused-ring (bicyclic) bond motifs is 4. The largest absolute Gasteiger partial charge is 0.462 e. The molecule has 0 aromatic carbocycles. The second kappa shape index (κ2) is 7.55. The molecule has 0 amide bonds. The summed E-state index contributed by atoms with van der Waals surface area (Å²) < 4.78 is 27.9. The zero-order valence-corrected chi connectivity index (χ0v) is 22.1. The monoisotopic (exact) mass is 454 g/mol. The number of rotatable bonds is 4. The third kappa shape index (κ3) is 4.32. The molecule has 1 saturated heterocycles. The van der Waals surface area contributed by atoms with Crippen LogP contribution in [0.4, 0.5) is 0 Å². The van der Waals surface area contributed by atoms with Gasteiger partial charge in [-0.15, -0.1) is 0 Å². The zero-order chi connectivity index (χ0) is 22.7. The molecule has 1 aromatic rings. The average molecular weight is 455 g/mol. The van der Waals surface area contributed by atoms with Gasteiger partial charge in [0.25, 0.3) is 5.56 Å². The number of nitrogens with zero attached hydrogens (tertiary/aromatic N) is 2. The van der Waals surface area contributed by atoms with Gasteiger partial charge in [0, 0.05) is 12.3 Å². The predicted molar refractivity (Wildman–Crippen MR) is 122 cm³/mol. The number of ether oxygens (including phenoxy) is 2. The van der Waals surface area contributed by atoms with E-state index in [0.717, 1.165) is 0 Å². The minimum Gasteiger partial charge on any atom is -0.462 e. The second-order valence-corrected chi connectivity index (χ2v) is 21.0. The van der Waals surface area contributed by atoms with Gasteiger partial charge in [0.15, 0.2) is 22.9 Å². The van der Waals surface area contributed by atoms with Crippen molar-refractivity contribution in [2.24, 2.45) is 0 Å². The lowest BCUT2D eigenvalue weighted by Crippen LogP contribution is -2.54. The van der Waals surface area contributed by atoms with Gasteiger partial charge in [0.2, 0.25) is 0 Å². The van der Waals surface area contributed by atoms with Crippen molar-refractivity contribution in [3.8, 4) is 6.01 Å². The van der Waals surface area contributed by atoms with Gasteiger partial charge in [-0.2, -0.15) is 4.98 Å². The lowest BCUT2D eigenvalue weighted by Gasteiger charge is -2.44. The van der Waals surface area contributed by atoms with Crippen molar-refractivity contribution in [2.75, 3.05) is 6.61 Å². The van der Waals surface area contributed by atoms with Gasteiger partial charge in [-0.05, 0) is 36.3 Å². The molecule has 4 atom stereocenters. The third-order valence-electron chi connectivity index (χ3n) is 7.21. The summed E-state index contributed by atoms with van der Waals surface area (Å²) in [6.45, 7) is 22.7. The summed E-state index contributed by atoms with van der Waals surface area (Å²) in [5.74, 6) is 0. The second-order valence-electron chi connectivity index (χ2n) is 11.5. The highest BCUT2D eigenvalue weighted by molar-refractivity contribution is 6.74. The molecule has 0 radical (unpaired) electrons. The molecular weight excluding hydrogens is 416 g/mol. The van der Waals surface area contributed by atoms with Crippen LogP contribution in [0, 0.1) is 0 Å². The summed E-state index contributed by atoms with van der Waals surface area (Å²) in [6, 6.07) is 1.71. The van der Waals surface area contributed by atoms with Crippen molar-refractivity contribution < 1.29 is 18.3 Å². The molecule has 0 aliphatic carbocycles. The summed E-state index contributed by atoms with van der Waals surface area (Å²) in [6.07, 6.45) is 0.434. The van der Waals surface area contributed by atoms with E-state index in [1.807, 2.05) is 0 Å². The molecule has 0 spiro atoms. The lowest BCUT2D eigenvalue weighted by atomic mass is 10.1. The van der Waals surface area contributed by atoms with E-state index in [0.29, 0.717) is 0 Å². The quantitative estimate of drug-likeness (QED) is 0.631. The standard InChI is InChI=1S/C21H38N2O5Si2/c1-20(2,3)29(7,8)27-16-14-13-25-19-22-15(24)11-12-23(19)18(26-14)17(16)28-30(9,10)21(4,5)6/h11-12,14,16-18H,13H2,1-10H3/t14-,16-,17-,18-/m1/s1. The van der Waals surface area contributed by atoms with Crippen molar-refractivity contribution in [3.05, 3.63) is 22.6 Å². The Labute approximate surface area is 182 Å². The Morgan fingerprint density at radius 2 is 1.53 bits per heavy atom. The maximum Gasteiger partial charge on any atom is 0.302 e. The Hall–Kier alpha value is -1.01. The van der Waals surface area contributed by atoms with Gasteiger partial charge < -0.3 is 18.3 Å². The summed E-state index contributed by atoms with van der Waals surface area (Å²) in [5, 5.41) is 0.106. The van der Waals surface area contributed by atoms with Crippen LogP contribution in [0.1, 0.15) is 47.8 Å². The Morgan fingerprint density at radius 1 is 1.00 bits per heavy atom. The minimum absolute atomic E-state index is 0.0440. The molecule has 1 fully saturated rings. The highest BCUT2D eigenvalue weighted by Gasteiger charge is 2.55. The summed E-state index contributed by atoms with van der Waals surface area (Å²) in [5.41, 5.74) is -0.324. The Kier molecular flexibility index (Phi) is 5.95. The van der Waals surface area contributed by atoms with Crippen LogP contribution in [0.3, 0.4) is 0 Å². The first-order valence-electron chi connectivity index (χ1n) is 10.8. The molecule has 0 saturated carbocycles. The normalized spacial score (nSPS) is 27.4. The fraction of sp³-hybridized carbons (Fsp3) is 0.810. The van der Waals surface area contributed by atoms with Gasteiger partial charge in [-0.25, -0.2) is 0 Å². The minimum atomic E-state index is -2.12. The summed E-state index contributed by atoms with van der Waals surface area (Å²) >= 11 is 0. The van der Waals surface area contributed by atoms with Crippen LogP contribution in [0.15, 0.2) is 17.1 Å². The van der Waals surface area contributed by atoms with Crippen LogP contribution >= 0.6 is 0 Å². The van der Waals surface area contributed by atoms with Gasteiger partial charge in [0.1, 0.15) is 24.9 Å². The fourth-order valence-electron chi connectivity index (χ4n) is 3.22. The van der Waals surface area contributed by atoms with E-state index in [4.69, 9.17) is 18.3 Å². The SMILES string of the molecule is CC(C)(C)[Si](C)(C)O[C@@H]1[C@H](O[Si](C)(C)C(C)(C)C)[C@H]2COc3nc(=O)ccn3[C@@H]1O2. The first kappa shape index (κ1) is 23.7. The van der Waals surface area contributed by atoms with Gasteiger partial charge in [-0.1, -0.05) is 41.5 Å². The van der Waals surface area contributed by atoms with Crippen molar-refractivity contribution in [1.82, 2.24) is 9.55 Å². The summed E-state index contributed by atoms with van der Waals surface area (Å²) in [7, 11) is -4.21. The first-order chi connectivity index (χ1) is 13.5. The van der Waals surface area contributed by atoms with E-state index >= 15 is 0 Å². The van der Waals surface area contributed by atoms with Crippen molar-refractivity contribution in [2.45, 2.75) is 102 Å². The van der Waals surface area contributed by atoms with Crippen LogP contribution in [-0.4, -0.2) is 51.1 Å². The maximum absolute atomic E-state index is 11.8. The first-order valence-corrected chi connectivity index (χ1v) is 16.6. The smallest absolute Gasteiger partial charge is 0.302 e. The molecular formula is C21H38N2O5Si2. The van der Waals surface area contributed by atoms with Crippen LogP contribution in [0.2, 0.25) is 36.3 Å². The Bertz CT molecular complexity index is 841. The van der Waals surface area contributed by atoms with Gasteiger partial charge in [-0.3, -0.25) is 9.36 Å². The van der Waals surface area contributed by atoms with Crippen LogP contribution in [0.5, 0.6) is 6.01 Å². The lowest BCUT2D eigenvalue weighted by molar-refractivity contribution is -0.0288. The molecule has 2 aliphatic heterocycles. The average Bonchev–Trinajstić information content (AvgIpc) is 2.76. The van der Waals surface area contributed by atoms with Crippen molar-refractivity contribution in [1.29, 1.82) is 0 Å². The van der Waals surface area contributed by atoms with Crippen molar-refractivity contribution in [3.63, 3.8) is 0 Å². The highest BCUT2D eigenvalue weighted by atomic mass is 28.4. The highest BCUT2D eigenvalue weighted by Crippen LogP contribution is 2.46. The van der Waals surface area contributed by atoms with Crippen LogP contribution in [-0.2, 0) is 13.6 Å². The van der Waals surface area contributed by atoms with Crippen LogP contribution in [0.25, 0.3) is 0 Å². The number of hydrogen-bond acceptors (Lipinski definition) is 6. The molecule has 1 aromatic heterocycles. The number of hydrogen-bond donors (Lipinski definition) is 0. The molecule has 7 nitrogen and oxygen atoms in total. The maximum atomic E-state index is 11.8. The topological polar surface area (TPSA) is 71.8 Å². The van der Waals surface area contributed by atoms with Crippen molar-refractivity contribution >= 4 is 16.6 Å². The molecule has 2 bridgehead atoms. The third-order valence-corrected chi connectivity index (χ3v) is 16.2. The van der Waals surface area contributed by atoms with Gasteiger partial charge in [0.05, 0.1) is 0 Å². The van der Waals surface area contributed by atoms with E-state index in [1.54, 1.807) is 10.8 Å². The predicted octanol–water partition coefficient (Wildman–Crippen LogP) is 4.31. The number of aromatic nitrogens is 2. The van der Waals surface area contributed by atoms with E-state index < -0.39 is 22.9 Å². The van der Waals surface area contributed by atoms with E-state index in [1.165, 1.54) is 6.07 Å². The molecule has 30 heavy (non-hydrogen) atoms. The van der Waals surface area contributed by atoms with Crippen LogP contribution < -0.4 is 10.3 Å². The molecule has 3 rings (SSSR count). The zero-order valence-electron chi connectivity index (χ0n) is 20.1. The molecule has 9 heteroatoms. The Balaban J connectivity index is 2.04. The molecule has 2 aliphatic rings. The van der Waals surface area contributed by atoms with E-state index in [-0.39, 0.29) is 46.6 Å². The van der Waals surface area contributed by atoms with E-state index in [2.05, 4.69) is 72.7 Å². The van der Waals surface area contributed by atoms with E-state index in [9.17, 15) is 4.79 Å². The molecule has 170 valence electrons. The summed E-state index contributed by atoms with van der Waals surface area (Å²) in [4.78, 5) is 15.8. The molecule has 0 N–H and O–H groups in total. The van der Waals surface area contributed by atoms with Gasteiger partial charge >= 0.3 is 6.01 Å². The molecule has 3 heterocycles. The fourth-order valence-corrected chi connectivity index (χ4v) is 5.83. The molecule has 0 unspecified atom stereocenters. The Morgan fingerprint density at radius 3 is 2.07 bits per heavy atom.